The number of imidazole rings is 1. The number of nitrogens with one attached hydrogen (secondary N) is 1. The molecule has 6 rings (SSSR count). The molecule has 7 nitrogen and oxygen atoms in total. The maximum atomic E-state index is 14.7. The van der Waals surface area contributed by atoms with E-state index >= 15 is 0 Å². The highest BCUT2D eigenvalue weighted by atomic mass is 19.1. The van der Waals surface area contributed by atoms with Gasteiger partial charge in [0.05, 0.1) is 41.5 Å². The third-order valence-electron chi connectivity index (χ3n) is 6.99. The summed E-state index contributed by atoms with van der Waals surface area (Å²) in [7, 11) is 2.04. The fourth-order valence-electron chi connectivity index (χ4n) is 5.08. The van der Waals surface area contributed by atoms with E-state index in [9.17, 15) is 9.65 Å². The Balaban J connectivity index is 1.53. The number of anilines is 1. The number of ether oxygens (including phenoxy) is 1. The summed E-state index contributed by atoms with van der Waals surface area (Å²) in [6.07, 6.45) is 4.83. The van der Waals surface area contributed by atoms with Crippen LogP contribution in [0.15, 0.2) is 48.9 Å². The maximum absolute atomic E-state index is 14.7. The van der Waals surface area contributed by atoms with E-state index in [2.05, 4.69) is 14.8 Å². The molecule has 35 heavy (non-hydrogen) atoms. The predicted molar refractivity (Wildman–Crippen MR) is 133 cm³/mol. The Kier molecular flexibility index (Phi) is 5.34. The summed E-state index contributed by atoms with van der Waals surface area (Å²) in [5, 5.41) is 12.6. The Morgan fingerprint density at radius 1 is 1.20 bits per heavy atom. The van der Waals surface area contributed by atoms with Crippen LogP contribution in [-0.4, -0.2) is 47.8 Å². The molecule has 0 amide bonds. The first-order chi connectivity index (χ1) is 17.1. The molecule has 4 aromatic rings. The minimum Gasteiger partial charge on any atom is -0.490 e. The molecule has 0 aliphatic carbocycles. The van der Waals surface area contributed by atoms with Crippen LogP contribution in [0.5, 0.6) is 5.75 Å². The lowest BCUT2D eigenvalue weighted by atomic mass is 9.96. The molecule has 1 fully saturated rings. The van der Waals surface area contributed by atoms with Crippen molar-refractivity contribution in [3.8, 4) is 34.2 Å². The molecule has 4 heterocycles. The van der Waals surface area contributed by atoms with Crippen LogP contribution in [-0.2, 0) is 6.54 Å². The molecule has 0 radical (unpaired) electrons. The van der Waals surface area contributed by atoms with Crippen LogP contribution in [0.1, 0.15) is 12.0 Å². The molecule has 2 aromatic carbocycles. The van der Waals surface area contributed by atoms with Gasteiger partial charge in [-0.25, -0.2) is 9.37 Å². The molecular weight excluding hydrogens is 443 g/mol. The van der Waals surface area contributed by atoms with Crippen molar-refractivity contribution >= 4 is 16.7 Å². The van der Waals surface area contributed by atoms with Crippen molar-refractivity contribution in [2.75, 3.05) is 38.2 Å². The van der Waals surface area contributed by atoms with Gasteiger partial charge < -0.3 is 19.5 Å². The minimum atomic E-state index is -0.556. The van der Waals surface area contributed by atoms with E-state index in [1.165, 1.54) is 12.1 Å². The van der Waals surface area contributed by atoms with E-state index in [0.29, 0.717) is 23.8 Å². The molecule has 8 heteroatoms. The molecular formula is C27H25FN6O. The van der Waals surface area contributed by atoms with Crippen LogP contribution in [0.4, 0.5) is 10.1 Å². The number of benzene rings is 2. The van der Waals surface area contributed by atoms with E-state index in [1.54, 1.807) is 6.07 Å². The lowest BCUT2D eigenvalue weighted by Crippen LogP contribution is -2.28. The van der Waals surface area contributed by atoms with Crippen molar-refractivity contribution in [1.82, 2.24) is 19.9 Å². The van der Waals surface area contributed by atoms with Crippen molar-refractivity contribution in [1.29, 1.82) is 5.26 Å². The Morgan fingerprint density at radius 2 is 2.09 bits per heavy atom. The third kappa shape index (κ3) is 3.78. The fraction of sp³-hybridized carbons (Fsp3) is 0.296. The zero-order chi connectivity index (χ0) is 23.9. The lowest BCUT2D eigenvalue weighted by molar-refractivity contribution is 0.311. The van der Waals surface area contributed by atoms with Crippen LogP contribution < -0.4 is 15.0 Å². The molecule has 1 N–H and O–H groups in total. The van der Waals surface area contributed by atoms with E-state index < -0.39 is 5.82 Å². The zero-order valence-electron chi connectivity index (χ0n) is 19.5. The van der Waals surface area contributed by atoms with Gasteiger partial charge in [0.15, 0.2) is 0 Å². The predicted octanol–water partition coefficient (Wildman–Crippen LogP) is 4.21. The largest absolute Gasteiger partial charge is 0.490 e. The first-order valence-corrected chi connectivity index (χ1v) is 11.9. The maximum Gasteiger partial charge on any atom is 0.143 e. The molecule has 0 unspecified atom stereocenters. The fourth-order valence-corrected chi connectivity index (χ4v) is 5.08. The van der Waals surface area contributed by atoms with E-state index in [0.717, 1.165) is 66.2 Å². The number of nitriles is 1. The van der Waals surface area contributed by atoms with Gasteiger partial charge in [-0.15, -0.1) is 0 Å². The second-order valence-corrected chi connectivity index (χ2v) is 9.23. The van der Waals surface area contributed by atoms with Gasteiger partial charge in [0, 0.05) is 24.7 Å². The smallest absolute Gasteiger partial charge is 0.143 e. The number of hydrogen-bond acceptors (Lipinski definition) is 6. The van der Waals surface area contributed by atoms with Crippen LogP contribution in [0, 0.1) is 23.1 Å². The Morgan fingerprint density at radius 3 is 2.89 bits per heavy atom. The first kappa shape index (κ1) is 21.6. The molecule has 0 saturated carbocycles. The van der Waals surface area contributed by atoms with Crippen molar-refractivity contribution in [2.45, 2.75) is 13.0 Å². The zero-order valence-corrected chi connectivity index (χ0v) is 19.5. The van der Waals surface area contributed by atoms with Gasteiger partial charge >= 0.3 is 0 Å². The normalized spacial score (nSPS) is 17.3. The molecule has 0 bridgehead atoms. The van der Waals surface area contributed by atoms with Crippen LogP contribution in [0.3, 0.4) is 0 Å². The van der Waals surface area contributed by atoms with Crippen molar-refractivity contribution in [2.24, 2.45) is 5.92 Å². The first-order valence-electron chi connectivity index (χ1n) is 11.9. The highest BCUT2D eigenvalue weighted by molar-refractivity contribution is 5.99. The van der Waals surface area contributed by atoms with Gasteiger partial charge in [-0.2, -0.15) is 5.26 Å². The Hall–Kier alpha value is -3.96. The van der Waals surface area contributed by atoms with Gasteiger partial charge in [-0.3, -0.25) is 4.98 Å². The second-order valence-electron chi connectivity index (χ2n) is 9.23. The minimum absolute atomic E-state index is 0.0138. The Bertz CT molecular complexity index is 1470. The topological polar surface area (TPSA) is 79.0 Å². The molecule has 176 valence electrons. The average Bonchev–Trinajstić information content (AvgIpc) is 3.54. The van der Waals surface area contributed by atoms with Crippen LogP contribution in [0.25, 0.3) is 33.4 Å². The molecule has 2 aliphatic heterocycles. The SMILES string of the molecule is CN1CCOc2cc(-c3ncc4c(ncn4C[C@H]4CCNC4)c3-c3ccc(C#N)c(F)c3)ccc21. The summed E-state index contributed by atoms with van der Waals surface area (Å²) in [5.41, 5.74) is 5.68. The summed E-state index contributed by atoms with van der Waals surface area (Å²) >= 11 is 0. The third-order valence-corrected chi connectivity index (χ3v) is 6.99. The molecule has 1 saturated heterocycles. The summed E-state index contributed by atoms with van der Waals surface area (Å²) < 4.78 is 22.8. The highest BCUT2D eigenvalue weighted by Gasteiger charge is 2.22. The Labute approximate surface area is 202 Å². The summed E-state index contributed by atoms with van der Waals surface area (Å²) in [6.45, 7) is 4.33. The van der Waals surface area contributed by atoms with E-state index in [1.807, 2.05) is 43.8 Å². The van der Waals surface area contributed by atoms with Crippen LogP contribution in [0.2, 0.25) is 0 Å². The standard InChI is InChI=1S/C27H25FN6O/c1-33-8-9-35-24-11-19(4-5-22(24)33)26-25(18-2-3-20(12-29)21(28)10-18)27-23(14-31-26)34(16-32-27)15-17-6-7-30-13-17/h2-5,10-11,14,16-17,30H,6-9,13,15H2,1H3/t17-/m0/s1. The number of aromatic nitrogens is 3. The summed E-state index contributed by atoms with van der Waals surface area (Å²) in [4.78, 5) is 11.8. The summed E-state index contributed by atoms with van der Waals surface area (Å²) in [5.74, 6) is 0.784. The van der Waals surface area contributed by atoms with Crippen LogP contribution >= 0.6 is 0 Å². The quantitative estimate of drug-likeness (QED) is 0.483. The van der Waals surface area contributed by atoms with Crippen molar-refractivity contribution < 1.29 is 9.13 Å². The van der Waals surface area contributed by atoms with Gasteiger partial charge in [-0.05, 0) is 55.3 Å². The molecule has 2 aliphatic rings. The second kappa shape index (κ2) is 8.67. The number of hydrogen-bond donors (Lipinski definition) is 1. The number of halogens is 1. The van der Waals surface area contributed by atoms with Crippen molar-refractivity contribution in [3.63, 3.8) is 0 Å². The molecule has 2 aromatic heterocycles. The lowest BCUT2D eigenvalue weighted by Gasteiger charge is -2.28. The number of likely N-dealkylation sites (N-methyl/N-ethyl adjacent to an activating group) is 1. The van der Waals surface area contributed by atoms with Crippen molar-refractivity contribution in [3.05, 3.63) is 60.3 Å². The molecule has 1 atom stereocenters. The summed E-state index contributed by atoms with van der Waals surface area (Å²) in [6, 6.07) is 12.6. The van der Waals surface area contributed by atoms with E-state index in [4.69, 9.17) is 14.7 Å². The molecule has 0 spiro atoms. The average molecular weight is 469 g/mol. The van der Waals surface area contributed by atoms with Gasteiger partial charge in [-0.1, -0.05) is 12.1 Å². The van der Waals surface area contributed by atoms with Gasteiger partial charge in [0.2, 0.25) is 0 Å². The number of pyridine rings is 1. The van der Waals surface area contributed by atoms with E-state index in [-0.39, 0.29) is 5.56 Å². The van der Waals surface area contributed by atoms with Gasteiger partial charge in [0.1, 0.15) is 29.8 Å². The highest BCUT2D eigenvalue weighted by Crippen LogP contribution is 2.40. The van der Waals surface area contributed by atoms with Gasteiger partial charge in [0.25, 0.3) is 0 Å². The number of rotatable bonds is 4. The monoisotopic (exact) mass is 468 g/mol. The number of nitrogens with zero attached hydrogens (tertiary/aromatic N) is 5. The number of fused-ring (bicyclic) bond motifs is 2.